The lowest BCUT2D eigenvalue weighted by molar-refractivity contribution is -0.104. The minimum absolute atomic E-state index is 0.103. The highest BCUT2D eigenvalue weighted by molar-refractivity contribution is 9.10. The van der Waals surface area contributed by atoms with E-state index < -0.39 is 0 Å². The van der Waals surface area contributed by atoms with Crippen LogP contribution >= 0.6 is 15.9 Å². The average Bonchev–Trinajstić information content (AvgIpc) is 2.30. The van der Waals surface area contributed by atoms with Crippen molar-refractivity contribution in [2.45, 2.75) is 13.8 Å². The minimum Gasteiger partial charge on any atom is -0.383 e. The molecule has 0 aromatic heterocycles. The van der Waals surface area contributed by atoms with Crippen molar-refractivity contribution in [3.05, 3.63) is 46.1 Å². The molecule has 0 spiro atoms. The Balaban J connectivity index is 0.000000360. The van der Waals surface area contributed by atoms with Gasteiger partial charge < -0.3 is 4.90 Å². The maximum atomic E-state index is 10.9. The molecule has 4 heteroatoms. The summed E-state index contributed by atoms with van der Waals surface area (Å²) in [5, 5.41) is 0. The maximum absolute atomic E-state index is 10.9. The summed E-state index contributed by atoms with van der Waals surface area (Å²) in [5.41, 5.74) is 1.90. The van der Waals surface area contributed by atoms with Crippen LogP contribution in [-0.2, 0) is 4.79 Å². The van der Waals surface area contributed by atoms with Crippen LogP contribution in [0.2, 0.25) is 0 Å². The van der Waals surface area contributed by atoms with Crippen LogP contribution in [0.5, 0.6) is 0 Å². The van der Waals surface area contributed by atoms with Gasteiger partial charge >= 0.3 is 0 Å². The summed E-state index contributed by atoms with van der Waals surface area (Å²) in [7, 11) is 3.72. The molecule has 0 saturated heterocycles. The third-order valence-corrected chi connectivity index (χ3v) is 2.90. The predicted molar refractivity (Wildman–Crippen MR) is 77.8 cm³/mol. The van der Waals surface area contributed by atoms with Crippen LogP contribution in [0, 0.1) is 6.92 Å². The molecule has 0 bridgehead atoms. The zero-order valence-electron chi connectivity index (χ0n) is 11.1. The van der Waals surface area contributed by atoms with Crippen molar-refractivity contribution < 1.29 is 9.59 Å². The van der Waals surface area contributed by atoms with Gasteiger partial charge in [-0.2, -0.15) is 0 Å². The highest BCUT2D eigenvalue weighted by Crippen LogP contribution is 2.17. The standard InChI is InChI=1S/C9H9BrO.C5H9NO/c1-6-3-4-8(7(2)11)5-9(6)10;1-6(2)4-3-5-7/h3-5H,1-2H3;3-5H,1-2H3. The first kappa shape index (κ1) is 16.6. The van der Waals surface area contributed by atoms with Crippen LogP contribution in [0.1, 0.15) is 22.8 Å². The monoisotopic (exact) mass is 311 g/mol. The summed E-state index contributed by atoms with van der Waals surface area (Å²) < 4.78 is 0.991. The van der Waals surface area contributed by atoms with Crippen molar-refractivity contribution in [2.24, 2.45) is 0 Å². The molecule has 0 N–H and O–H groups in total. The molecule has 0 atom stereocenters. The summed E-state index contributed by atoms with van der Waals surface area (Å²) >= 11 is 3.36. The lowest BCUT2D eigenvalue weighted by Gasteiger charge is -1.99. The van der Waals surface area contributed by atoms with Gasteiger partial charge in [-0.3, -0.25) is 9.59 Å². The number of carbonyl (C=O) groups is 2. The zero-order chi connectivity index (χ0) is 14.1. The minimum atomic E-state index is 0.103. The Morgan fingerprint density at radius 1 is 1.33 bits per heavy atom. The number of hydrogen-bond donors (Lipinski definition) is 0. The summed E-state index contributed by atoms with van der Waals surface area (Å²) in [6.07, 6.45) is 3.88. The van der Waals surface area contributed by atoms with Gasteiger partial charge in [-0.05, 0) is 31.6 Å². The molecule has 0 radical (unpaired) electrons. The fourth-order valence-corrected chi connectivity index (χ4v) is 1.40. The van der Waals surface area contributed by atoms with Gasteiger partial charge in [0.25, 0.3) is 0 Å². The molecule has 1 aromatic rings. The first-order chi connectivity index (χ1) is 8.38. The molecule has 3 nitrogen and oxygen atoms in total. The second-order valence-corrected chi connectivity index (χ2v) is 4.82. The van der Waals surface area contributed by atoms with E-state index in [-0.39, 0.29) is 5.78 Å². The molecule has 18 heavy (non-hydrogen) atoms. The number of allylic oxidation sites excluding steroid dienone is 1. The number of benzene rings is 1. The third kappa shape index (κ3) is 7.01. The zero-order valence-corrected chi connectivity index (χ0v) is 12.7. The fourth-order valence-electron chi connectivity index (χ4n) is 1.02. The van der Waals surface area contributed by atoms with Gasteiger partial charge in [0.1, 0.15) is 6.29 Å². The van der Waals surface area contributed by atoms with Gasteiger partial charge in [-0.1, -0.05) is 28.1 Å². The Labute approximate surface area is 117 Å². The number of aryl methyl sites for hydroxylation is 1. The van der Waals surface area contributed by atoms with Gasteiger partial charge in [0, 0.05) is 30.3 Å². The van der Waals surface area contributed by atoms with Gasteiger partial charge in [0.15, 0.2) is 5.78 Å². The number of rotatable bonds is 3. The number of Topliss-reactive ketones (excluding diaryl/α,β-unsaturated/α-hetero) is 1. The Kier molecular flexibility index (Phi) is 7.96. The van der Waals surface area contributed by atoms with Crippen LogP contribution in [0.15, 0.2) is 34.9 Å². The predicted octanol–water partition coefficient (Wildman–Crippen LogP) is 3.22. The van der Waals surface area contributed by atoms with Crippen LogP contribution in [0.25, 0.3) is 0 Å². The molecule has 1 aromatic carbocycles. The molecule has 0 fully saturated rings. The van der Waals surface area contributed by atoms with Crippen LogP contribution in [0.3, 0.4) is 0 Å². The molecule has 0 amide bonds. The summed E-state index contributed by atoms with van der Waals surface area (Å²) in [6.45, 7) is 3.56. The van der Waals surface area contributed by atoms with E-state index in [9.17, 15) is 9.59 Å². The van der Waals surface area contributed by atoms with E-state index >= 15 is 0 Å². The highest BCUT2D eigenvalue weighted by Gasteiger charge is 2.00. The first-order valence-corrected chi connectivity index (χ1v) is 6.23. The van der Waals surface area contributed by atoms with Gasteiger partial charge in [-0.15, -0.1) is 0 Å². The molecular formula is C14H18BrNO2. The molecule has 0 aliphatic carbocycles. The molecule has 0 aliphatic heterocycles. The van der Waals surface area contributed by atoms with Crippen LogP contribution in [0.4, 0.5) is 0 Å². The molecule has 0 aliphatic rings. The van der Waals surface area contributed by atoms with Gasteiger partial charge in [0.05, 0.1) is 0 Å². The lowest BCUT2D eigenvalue weighted by Crippen LogP contribution is -1.99. The number of ketones is 1. The molecule has 0 heterocycles. The number of carbonyl (C=O) groups excluding carboxylic acids is 2. The summed E-state index contributed by atoms with van der Waals surface area (Å²) in [6, 6.07) is 5.61. The third-order valence-electron chi connectivity index (χ3n) is 2.04. The Morgan fingerprint density at radius 2 is 1.94 bits per heavy atom. The molecule has 98 valence electrons. The second-order valence-electron chi connectivity index (χ2n) is 3.96. The molecular weight excluding hydrogens is 294 g/mol. The van der Waals surface area contributed by atoms with Crippen molar-refractivity contribution in [1.82, 2.24) is 4.90 Å². The van der Waals surface area contributed by atoms with E-state index in [2.05, 4.69) is 15.9 Å². The topological polar surface area (TPSA) is 37.4 Å². The largest absolute Gasteiger partial charge is 0.383 e. The quantitative estimate of drug-likeness (QED) is 0.488. The summed E-state index contributed by atoms with van der Waals surface area (Å²) in [5.74, 6) is 0.103. The lowest BCUT2D eigenvalue weighted by atomic mass is 10.1. The Bertz CT molecular complexity index is 439. The van der Waals surface area contributed by atoms with Crippen molar-refractivity contribution in [3.8, 4) is 0 Å². The van der Waals surface area contributed by atoms with Crippen LogP contribution < -0.4 is 0 Å². The fraction of sp³-hybridized carbons (Fsp3) is 0.286. The summed E-state index contributed by atoms with van der Waals surface area (Å²) in [4.78, 5) is 22.3. The van der Waals surface area contributed by atoms with E-state index in [0.29, 0.717) is 0 Å². The molecule has 1 rings (SSSR count). The van der Waals surface area contributed by atoms with E-state index in [0.717, 1.165) is 21.9 Å². The highest BCUT2D eigenvalue weighted by atomic mass is 79.9. The number of aldehydes is 1. The van der Waals surface area contributed by atoms with E-state index in [1.807, 2.05) is 39.2 Å². The van der Waals surface area contributed by atoms with Crippen molar-refractivity contribution in [2.75, 3.05) is 14.1 Å². The Hall–Kier alpha value is -1.42. The van der Waals surface area contributed by atoms with Crippen molar-refractivity contribution >= 4 is 28.0 Å². The van der Waals surface area contributed by atoms with Crippen molar-refractivity contribution in [3.63, 3.8) is 0 Å². The SMILES string of the molecule is CC(=O)c1ccc(C)c(Br)c1.CN(C)C=CC=O. The normalized spacial score (nSPS) is 9.61. The van der Waals surface area contributed by atoms with E-state index in [1.165, 1.54) is 6.08 Å². The molecule has 0 unspecified atom stereocenters. The maximum Gasteiger partial charge on any atom is 0.159 e. The van der Waals surface area contributed by atoms with E-state index in [1.54, 1.807) is 18.0 Å². The average molecular weight is 312 g/mol. The molecule has 0 saturated carbocycles. The van der Waals surface area contributed by atoms with Crippen molar-refractivity contribution in [1.29, 1.82) is 0 Å². The van der Waals surface area contributed by atoms with E-state index in [4.69, 9.17) is 0 Å². The second kappa shape index (κ2) is 8.64. The Morgan fingerprint density at radius 3 is 2.28 bits per heavy atom. The smallest absolute Gasteiger partial charge is 0.159 e. The van der Waals surface area contributed by atoms with Crippen LogP contribution in [-0.4, -0.2) is 31.1 Å². The van der Waals surface area contributed by atoms with Gasteiger partial charge in [0.2, 0.25) is 0 Å². The number of nitrogens with zero attached hydrogens (tertiary/aromatic N) is 1. The first-order valence-electron chi connectivity index (χ1n) is 5.44. The van der Waals surface area contributed by atoms with Gasteiger partial charge in [-0.25, -0.2) is 0 Å². The number of hydrogen-bond acceptors (Lipinski definition) is 3. The number of halogens is 1.